The standard InChI is InChI=1S/C18H22FNO3/c19-15-5-3-14(4-6-15)16(13-1-2-13)17(21)20-9-7-18(8-10-20)22-11-12-23-18/h3-6,13,16H,1-2,7-12H2. The molecule has 1 aliphatic carbocycles. The summed E-state index contributed by atoms with van der Waals surface area (Å²) in [4.78, 5) is 15.0. The smallest absolute Gasteiger partial charge is 0.230 e. The first-order chi connectivity index (χ1) is 11.2. The Labute approximate surface area is 135 Å². The van der Waals surface area contributed by atoms with Gasteiger partial charge in [-0.1, -0.05) is 12.1 Å². The molecular weight excluding hydrogens is 297 g/mol. The topological polar surface area (TPSA) is 38.8 Å². The van der Waals surface area contributed by atoms with Gasteiger partial charge >= 0.3 is 0 Å². The van der Waals surface area contributed by atoms with Gasteiger partial charge in [0, 0.05) is 25.9 Å². The summed E-state index contributed by atoms with van der Waals surface area (Å²) in [6.07, 6.45) is 3.63. The molecule has 1 saturated carbocycles. The zero-order valence-corrected chi connectivity index (χ0v) is 13.2. The van der Waals surface area contributed by atoms with E-state index in [1.54, 1.807) is 12.1 Å². The van der Waals surface area contributed by atoms with Crippen LogP contribution in [0.25, 0.3) is 0 Å². The second-order valence-corrected chi connectivity index (χ2v) is 6.80. The highest BCUT2D eigenvalue weighted by Crippen LogP contribution is 2.44. The number of hydrogen-bond acceptors (Lipinski definition) is 3. The van der Waals surface area contributed by atoms with Crippen molar-refractivity contribution in [3.05, 3.63) is 35.6 Å². The van der Waals surface area contributed by atoms with Crippen LogP contribution in [0.5, 0.6) is 0 Å². The van der Waals surface area contributed by atoms with Crippen molar-refractivity contribution in [2.45, 2.75) is 37.4 Å². The third-order valence-electron chi connectivity index (χ3n) is 5.24. The van der Waals surface area contributed by atoms with Crippen LogP contribution in [0.3, 0.4) is 0 Å². The highest BCUT2D eigenvalue weighted by atomic mass is 19.1. The van der Waals surface area contributed by atoms with Crippen LogP contribution in [0.15, 0.2) is 24.3 Å². The van der Waals surface area contributed by atoms with Crippen molar-refractivity contribution in [3.8, 4) is 0 Å². The lowest BCUT2D eigenvalue weighted by Gasteiger charge is -2.39. The molecule has 3 aliphatic rings. The lowest BCUT2D eigenvalue weighted by atomic mass is 9.91. The van der Waals surface area contributed by atoms with Gasteiger partial charge in [0.15, 0.2) is 5.79 Å². The predicted octanol–water partition coefficient (Wildman–Crippen LogP) is 2.68. The van der Waals surface area contributed by atoms with E-state index >= 15 is 0 Å². The minimum Gasteiger partial charge on any atom is -0.347 e. The van der Waals surface area contributed by atoms with Gasteiger partial charge in [0.2, 0.25) is 5.91 Å². The molecule has 4 rings (SSSR count). The largest absolute Gasteiger partial charge is 0.347 e. The van der Waals surface area contributed by atoms with Crippen molar-refractivity contribution in [3.63, 3.8) is 0 Å². The van der Waals surface area contributed by atoms with Crippen molar-refractivity contribution >= 4 is 5.91 Å². The van der Waals surface area contributed by atoms with Crippen molar-refractivity contribution in [1.82, 2.24) is 4.90 Å². The molecule has 0 bridgehead atoms. The van der Waals surface area contributed by atoms with Gasteiger partial charge in [-0.15, -0.1) is 0 Å². The van der Waals surface area contributed by atoms with Crippen molar-refractivity contribution < 1.29 is 18.7 Å². The van der Waals surface area contributed by atoms with Crippen LogP contribution in [0.1, 0.15) is 37.2 Å². The summed E-state index contributed by atoms with van der Waals surface area (Å²) in [7, 11) is 0. The van der Waals surface area contributed by atoms with Crippen LogP contribution >= 0.6 is 0 Å². The van der Waals surface area contributed by atoms with Crippen molar-refractivity contribution in [1.29, 1.82) is 0 Å². The first-order valence-electron chi connectivity index (χ1n) is 8.49. The van der Waals surface area contributed by atoms with E-state index in [0.717, 1.165) is 31.2 Å². The molecule has 5 heteroatoms. The third kappa shape index (κ3) is 3.00. The maximum absolute atomic E-state index is 13.2. The number of halogens is 1. The van der Waals surface area contributed by atoms with E-state index in [0.29, 0.717) is 32.2 Å². The lowest BCUT2D eigenvalue weighted by molar-refractivity contribution is -0.187. The number of nitrogens with zero attached hydrogens (tertiary/aromatic N) is 1. The quantitative estimate of drug-likeness (QED) is 0.860. The fourth-order valence-corrected chi connectivity index (χ4v) is 3.77. The molecule has 23 heavy (non-hydrogen) atoms. The number of hydrogen-bond donors (Lipinski definition) is 0. The maximum atomic E-state index is 13.2. The van der Waals surface area contributed by atoms with Gasteiger partial charge in [-0.25, -0.2) is 4.39 Å². The van der Waals surface area contributed by atoms with Crippen LogP contribution in [0.2, 0.25) is 0 Å². The Bertz CT molecular complexity index is 568. The second-order valence-electron chi connectivity index (χ2n) is 6.80. The number of carbonyl (C=O) groups excluding carboxylic acids is 1. The average molecular weight is 319 g/mol. The zero-order chi connectivity index (χ0) is 15.9. The molecule has 0 N–H and O–H groups in total. The molecule has 2 saturated heterocycles. The summed E-state index contributed by atoms with van der Waals surface area (Å²) >= 11 is 0. The summed E-state index contributed by atoms with van der Waals surface area (Å²) in [5, 5.41) is 0. The molecule has 1 aromatic carbocycles. The fourth-order valence-electron chi connectivity index (χ4n) is 3.77. The fraction of sp³-hybridized carbons (Fsp3) is 0.611. The monoisotopic (exact) mass is 319 g/mol. The molecule has 0 radical (unpaired) electrons. The summed E-state index contributed by atoms with van der Waals surface area (Å²) in [6.45, 7) is 2.63. The molecular formula is C18H22FNO3. The summed E-state index contributed by atoms with van der Waals surface area (Å²) in [6, 6.07) is 6.41. The molecule has 1 amide bonds. The van der Waals surface area contributed by atoms with E-state index < -0.39 is 5.79 Å². The van der Waals surface area contributed by atoms with E-state index in [1.807, 2.05) is 4.90 Å². The van der Waals surface area contributed by atoms with Crippen LogP contribution in [0, 0.1) is 11.7 Å². The number of ether oxygens (including phenoxy) is 2. The first kappa shape index (κ1) is 15.1. The first-order valence-corrected chi connectivity index (χ1v) is 8.49. The van der Waals surface area contributed by atoms with Gasteiger partial charge in [-0.3, -0.25) is 4.79 Å². The summed E-state index contributed by atoms with van der Waals surface area (Å²) < 4.78 is 24.6. The Hall–Kier alpha value is -1.46. The molecule has 1 unspecified atom stereocenters. The molecule has 1 aromatic rings. The van der Waals surface area contributed by atoms with E-state index in [2.05, 4.69) is 0 Å². The van der Waals surface area contributed by atoms with Gasteiger partial charge in [-0.05, 0) is 36.5 Å². The van der Waals surface area contributed by atoms with Gasteiger partial charge in [0.1, 0.15) is 5.82 Å². The average Bonchev–Trinajstić information content (AvgIpc) is 3.30. The second kappa shape index (κ2) is 5.87. The predicted molar refractivity (Wildman–Crippen MR) is 82.3 cm³/mol. The maximum Gasteiger partial charge on any atom is 0.230 e. The van der Waals surface area contributed by atoms with Crippen LogP contribution < -0.4 is 0 Å². The van der Waals surface area contributed by atoms with Gasteiger partial charge in [0.25, 0.3) is 0 Å². The Morgan fingerprint density at radius 3 is 2.30 bits per heavy atom. The Balaban J connectivity index is 1.47. The van der Waals surface area contributed by atoms with Gasteiger partial charge < -0.3 is 14.4 Å². The zero-order valence-electron chi connectivity index (χ0n) is 13.2. The number of carbonyl (C=O) groups is 1. The number of amides is 1. The van der Waals surface area contributed by atoms with Crippen molar-refractivity contribution in [2.24, 2.45) is 5.92 Å². The molecule has 0 aromatic heterocycles. The third-order valence-corrected chi connectivity index (χ3v) is 5.24. The van der Waals surface area contributed by atoms with E-state index in [-0.39, 0.29) is 17.6 Å². The minimum absolute atomic E-state index is 0.130. The van der Waals surface area contributed by atoms with E-state index in [9.17, 15) is 9.18 Å². The number of benzene rings is 1. The molecule has 1 spiro atoms. The highest BCUT2D eigenvalue weighted by molar-refractivity contribution is 5.84. The summed E-state index contributed by atoms with van der Waals surface area (Å²) in [5.74, 6) is -0.266. The minimum atomic E-state index is -0.457. The number of likely N-dealkylation sites (tertiary alicyclic amines) is 1. The van der Waals surface area contributed by atoms with Gasteiger partial charge in [-0.2, -0.15) is 0 Å². The van der Waals surface area contributed by atoms with Crippen LogP contribution in [-0.4, -0.2) is 42.9 Å². The molecule has 4 nitrogen and oxygen atoms in total. The van der Waals surface area contributed by atoms with E-state index in [4.69, 9.17) is 9.47 Å². The Morgan fingerprint density at radius 1 is 1.13 bits per heavy atom. The number of piperidine rings is 1. The SMILES string of the molecule is O=C(C(c1ccc(F)cc1)C1CC1)N1CCC2(CC1)OCCO2. The summed E-state index contributed by atoms with van der Waals surface area (Å²) in [5.41, 5.74) is 0.938. The van der Waals surface area contributed by atoms with Crippen LogP contribution in [-0.2, 0) is 14.3 Å². The normalized spacial score (nSPS) is 24.8. The molecule has 2 aliphatic heterocycles. The Kier molecular flexibility index (Phi) is 3.85. The van der Waals surface area contributed by atoms with Crippen LogP contribution in [0.4, 0.5) is 4.39 Å². The van der Waals surface area contributed by atoms with Crippen molar-refractivity contribution in [2.75, 3.05) is 26.3 Å². The molecule has 124 valence electrons. The molecule has 3 fully saturated rings. The van der Waals surface area contributed by atoms with E-state index in [1.165, 1.54) is 12.1 Å². The lowest BCUT2D eigenvalue weighted by Crippen LogP contribution is -2.48. The Morgan fingerprint density at radius 2 is 1.74 bits per heavy atom. The molecule has 1 atom stereocenters. The molecule has 2 heterocycles. The van der Waals surface area contributed by atoms with Gasteiger partial charge in [0.05, 0.1) is 19.1 Å². The number of rotatable bonds is 3. The highest BCUT2D eigenvalue weighted by Gasteiger charge is 2.44.